The van der Waals surface area contributed by atoms with E-state index in [2.05, 4.69) is 0 Å². The third-order valence-corrected chi connectivity index (χ3v) is 6.49. The van der Waals surface area contributed by atoms with Gasteiger partial charge in [0.25, 0.3) is 5.91 Å². The van der Waals surface area contributed by atoms with Crippen molar-refractivity contribution in [2.45, 2.75) is 33.2 Å². The van der Waals surface area contributed by atoms with Crippen LogP contribution in [0.1, 0.15) is 40.0 Å². The Labute approximate surface area is 210 Å². The molecule has 0 saturated heterocycles. The number of amides is 1. The van der Waals surface area contributed by atoms with E-state index < -0.39 is 0 Å². The lowest BCUT2D eigenvalue weighted by molar-refractivity contribution is 0.0733. The summed E-state index contributed by atoms with van der Waals surface area (Å²) < 4.78 is 8.17. The van der Waals surface area contributed by atoms with Gasteiger partial charge in [0.1, 0.15) is 5.75 Å². The Morgan fingerprint density at radius 3 is 2.46 bits per heavy atom. The zero-order valence-electron chi connectivity index (χ0n) is 19.9. The normalized spacial score (nSPS) is 13.0. The predicted molar refractivity (Wildman–Crippen MR) is 138 cm³/mol. The van der Waals surface area contributed by atoms with E-state index >= 15 is 0 Å². The molecule has 1 fully saturated rings. The van der Waals surface area contributed by atoms with E-state index in [0.29, 0.717) is 34.7 Å². The van der Waals surface area contributed by atoms with Crippen molar-refractivity contribution in [3.63, 3.8) is 0 Å². The van der Waals surface area contributed by atoms with Crippen LogP contribution in [0.5, 0.6) is 11.6 Å². The summed E-state index contributed by atoms with van der Waals surface area (Å²) in [6, 6.07) is 24.9. The summed E-state index contributed by atoms with van der Waals surface area (Å²) in [6.45, 7) is 5.12. The topological polar surface area (TPSA) is 47.4 Å². The van der Waals surface area contributed by atoms with Gasteiger partial charge in [-0.15, -0.1) is 0 Å². The van der Waals surface area contributed by atoms with Crippen LogP contribution in [0.3, 0.4) is 0 Å². The van der Waals surface area contributed by atoms with Crippen LogP contribution in [0.15, 0.2) is 78.9 Å². The zero-order valence-corrected chi connectivity index (χ0v) is 20.7. The molecule has 0 unspecified atom stereocenters. The largest absolute Gasteiger partial charge is 0.439 e. The molecule has 0 spiro atoms. The number of hydrogen-bond acceptors (Lipinski definition) is 3. The van der Waals surface area contributed by atoms with Crippen molar-refractivity contribution >= 4 is 17.5 Å². The zero-order chi connectivity index (χ0) is 24.4. The first-order valence-electron chi connectivity index (χ1n) is 11.9. The average molecular weight is 486 g/mol. The van der Waals surface area contributed by atoms with Gasteiger partial charge in [-0.2, -0.15) is 5.10 Å². The van der Waals surface area contributed by atoms with E-state index in [1.807, 2.05) is 97.6 Å². The number of benzene rings is 3. The fraction of sp³-hybridized carbons (Fsp3) is 0.241. The molecule has 0 aliphatic heterocycles. The van der Waals surface area contributed by atoms with E-state index in [1.54, 1.807) is 4.68 Å². The minimum Gasteiger partial charge on any atom is -0.439 e. The molecule has 0 radical (unpaired) electrons. The van der Waals surface area contributed by atoms with Gasteiger partial charge in [-0.05, 0) is 75.1 Å². The Bertz CT molecular complexity index is 1330. The second-order valence-electron chi connectivity index (χ2n) is 9.17. The highest BCUT2D eigenvalue weighted by molar-refractivity contribution is 6.30. The fourth-order valence-corrected chi connectivity index (χ4v) is 4.29. The van der Waals surface area contributed by atoms with Crippen LogP contribution >= 0.6 is 11.6 Å². The van der Waals surface area contributed by atoms with Crippen molar-refractivity contribution in [3.8, 4) is 17.3 Å². The van der Waals surface area contributed by atoms with Gasteiger partial charge in [0.2, 0.25) is 5.88 Å². The van der Waals surface area contributed by atoms with Crippen LogP contribution in [0.25, 0.3) is 5.69 Å². The number of rotatable bonds is 8. The maximum absolute atomic E-state index is 13.6. The number of nitrogens with zero attached hydrogens (tertiary/aromatic N) is 3. The number of aryl methyl sites for hydroxylation is 2. The van der Waals surface area contributed by atoms with Crippen molar-refractivity contribution in [2.75, 3.05) is 6.54 Å². The van der Waals surface area contributed by atoms with E-state index in [-0.39, 0.29) is 5.91 Å². The number of aromatic nitrogens is 2. The van der Waals surface area contributed by atoms with E-state index in [1.165, 1.54) is 0 Å². The fourth-order valence-electron chi connectivity index (χ4n) is 4.11. The molecule has 0 bridgehead atoms. The molecule has 1 aliphatic rings. The van der Waals surface area contributed by atoms with Crippen LogP contribution < -0.4 is 4.74 Å². The molecule has 1 saturated carbocycles. The van der Waals surface area contributed by atoms with Gasteiger partial charge in [-0.1, -0.05) is 53.6 Å². The smallest absolute Gasteiger partial charge is 0.254 e. The molecule has 35 heavy (non-hydrogen) atoms. The molecule has 6 heteroatoms. The first kappa shape index (κ1) is 23.2. The summed E-state index contributed by atoms with van der Waals surface area (Å²) in [7, 11) is 0. The summed E-state index contributed by atoms with van der Waals surface area (Å²) in [6.07, 6.45) is 2.32. The lowest BCUT2D eigenvalue weighted by atomic mass is 10.1. The van der Waals surface area contributed by atoms with Crippen LogP contribution in [0.2, 0.25) is 5.02 Å². The Morgan fingerprint density at radius 2 is 1.77 bits per heavy atom. The molecule has 1 aliphatic carbocycles. The van der Waals surface area contributed by atoms with Crippen LogP contribution in [-0.2, 0) is 6.54 Å². The van der Waals surface area contributed by atoms with Crippen molar-refractivity contribution in [1.82, 2.24) is 14.7 Å². The van der Waals surface area contributed by atoms with Crippen molar-refractivity contribution in [1.29, 1.82) is 0 Å². The molecule has 1 amide bonds. The van der Waals surface area contributed by atoms with E-state index in [4.69, 9.17) is 21.4 Å². The minimum absolute atomic E-state index is 0.0254. The Balaban J connectivity index is 1.54. The Kier molecular flexibility index (Phi) is 6.60. The molecule has 0 atom stereocenters. The quantitative estimate of drug-likeness (QED) is 0.270. The van der Waals surface area contributed by atoms with Crippen molar-refractivity contribution in [3.05, 3.63) is 106 Å². The molecule has 3 aromatic carbocycles. The molecular formula is C29H28ClN3O2. The highest BCUT2D eigenvalue weighted by atomic mass is 35.5. The highest BCUT2D eigenvalue weighted by Crippen LogP contribution is 2.35. The van der Waals surface area contributed by atoms with Gasteiger partial charge >= 0.3 is 0 Å². The summed E-state index contributed by atoms with van der Waals surface area (Å²) in [5, 5.41) is 5.42. The maximum atomic E-state index is 13.6. The molecule has 4 aromatic rings. The predicted octanol–water partition coefficient (Wildman–Crippen LogP) is 6.99. The monoisotopic (exact) mass is 485 g/mol. The van der Waals surface area contributed by atoms with E-state index in [0.717, 1.165) is 41.9 Å². The number of carbonyl (C=O) groups is 1. The van der Waals surface area contributed by atoms with Crippen molar-refractivity contribution < 1.29 is 9.53 Å². The summed E-state index contributed by atoms with van der Waals surface area (Å²) in [5.74, 6) is 1.87. The minimum atomic E-state index is 0.0254. The van der Waals surface area contributed by atoms with Crippen LogP contribution in [-0.4, -0.2) is 27.1 Å². The lowest BCUT2D eigenvalue weighted by Gasteiger charge is -2.23. The second-order valence-corrected chi connectivity index (χ2v) is 9.61. The molecule has 178 valence electrons. The SMILES string of the molecule is Cc1ccc(C(=O)N(Cc2c(C)nn(-c3cccc(Cl)c3)c2Oc2ccccc2)CC2CC2)cc1. The van der Waals surface area contributed by atoms with Gasteiger partial charge in [-0.25, -0.2) is 4.68 Å². The summed E-state index contributed by atoms with van der Waals surface area (Å²) >= 11 is 6.29. The molecule has 1 aromatic heterocycles. The molecular weight excluding hydrogens is 458 g/mol. The number of halogens is 1. The molecule has 0 N–H and O–H groups in total. The van der Waals surface area contributed by atoms with Gasteiger partial charge in [0.15, 0.2) is 0 Å². The van der Waals surface area contributed by atoms with Gasteiger partial charge in [-0.3, -0.25) is 4.79 Å². The number of carbonyl (C=O) groups excluding carboxylic acids is 1. The Morgan fingerprint density at radius 1 is 1.03 bits per heavy atom. The Hall–Kier alpha value is -3.57. The molecule has 1 heterocycles. The molecule has 5 nitrogen and oxygen atoms in total. The number of para-hydroxylation sites is 1. The highest BCUT2D eigenvalue weighted by Gasteiger charge is 2.30. The third kappa shape index (κ3) is 5.41. The maximum Gasteiger partial charge on any atom is 0.254 e. The second kappa shape index (κ2) is 9.96. The lowest BCUT2D eigenvalue weighted by Crippen LogP contribution is -2.32. The first-order valence-corrected chi connectivity index (χ1v) is 12.3. The van der Waals surface area contributed by atoms with Crippen LogP contribution in [0.4, 0.5) is 0 Å². The first-order chi connectivity index (χ1) is 17.0. The van der Waals surface area contributed by atoms with Crippen LogP contribution in [0, 0.1) is 19.8 Å². The summed E-state index contributed by atoms with van der Waals surface area (Å²) in [5.41, 5.74) is 4.33. The standard InChI is InChI=1S/C29H28ClN3O2/c1-20-11-15-23(16-12-20)28(34)32(18-22-13-14-22)19-27-21(2)31-33(25-8-6-7-24(30)17-25)29(27)35-26-9-4-3-5-10-26/h3-12,15-17,22H,13-14,18-19H2,1-2H3. The number of hydrogen-bond donors (Lipinski definition) is 0. The molecule has 5 rings (SSSR count). The van der Waals surface area contributed by atoms with Gasteiger partial charge in [0.05, 0.1) is 23.5 Å². The van der Waals surface area contributed by atoms with Crippen molar-refractivity contribution in [2.24, 2.45) is 5.92 Å². The summed E-state index contributed by atoms with van der Waals surface area (Å²) in [4.78, 5) is 15.5. The number of ether oxygens (including phenoxy) is 1. The third-order valence-electron chi connectivity index (χ3n) is 6.26. The van der Waals surface area contributed by atoms with E-state index in [9.17, 15) is 4.79 Å². The van der Waals surface area contributed by atoms with Gasteiger partial charge < -0.3 is 9.64 Å². The average Bonchev–Trinajstić information content (AvgIpc) is 3.63. The van der Waals surface area contributed by atoms with Gasteiger partial charge in [0, 0.05) is 17.1 Å².